The van der Waals surface area contributed by atoms with E-state index in [9.17, 15) is 18.0 Å². The molecule has 0 aliphatic heterocycles. The molecule has 0 atom stereocenters. The molecule has 3 rings (SSSR count). The van der Waals surface area contributed by atoms with Gasteiger partial charge in [-0.15, -0.1) is 0 Å². The number of hydrogen-bond donors (Lipinski definition) is 1. The van der Waals surface area contributed by atoms with Crippen molar-refractivity contribution in [3.8, 4) is 11.8 Å². The molecule has 0 radical (unpaired) electrons. The van der Waals surface area contributed by atoms with Crippen molar-refractivity contribution in [2.24, 2.45) is 0 Å². The summed E-state index contributed by atoms with van der Waals surface area (Å²) in [6.45, 7) is -0.0544. The summed E-state index contributed by atoms with van der Waals surface area (Å²) in [5, 5.41) is 2.71. The van der Waals surface area contributed by atoms with E-state index in [1.54, 1.807) is 0 Å². The Balaban J connectivity index is 1.76. The van der Waals surface area contributed by atoms with Crippen LogP contribution in [0.4, 0.5) is 13.2 Å². The van der Waals surface area contributed by atoms with Crippen LogP contribution < -0.4 is 5.32 Å². The first-order chi connectivity index (χ1) is 14.0. The minimum atomic E-state index is -4.47. The van der Waals surface area contributed by atoms with Crippen LogP contribution in [0.25, 0.3) is 0 Å². The second-order valence-corrected chi connectivity index (χ2v) is 6.32. The summed E-state index contributed by atoms with van der Waals surface area (Å²) in [5.74, 6) is 4.34. The Kier molecular flexibility index (Phi) is 6.36. The number of nitrogens with one attached hydrogen (secondary N) is 1. The van der Waals surface area contributed by atoms with Gasteiger partial charge < -0.3 is 5.32 Å². The summed E-state index contributed by atoms with van der Waals surface area (Å²) in [7, 11) is 0. The summed E-state index contributed by atoms with van der Waals surface area (Å²) in [6, 6.07) is 23.7. The van der Waals surface area contributed by atoms with Crippen molar-refractivity contribution < 1.29 is 18.0 Å². The molecule has 2 nitrogen and oxygen atoms in total. The van der Waals surface area contributed by atoms with E-state index in [1.807, 2.05) is 60.7 Å². The largest absolute Gasteiger partial charge is 0.417 e. The number of hydrogen-bond acceptors (Lipinski definition) is 1. The zero-order valence-electron chi connectivity index (χ0n) is 15.4. The fraction of sp³-hybridized carbons (Fsp3) is 0.125. The monoisotopic (exact) mass is 393 g/mol. The Labute approximate surface area is 167 Å². The third-order valence-corrected chi connectivity index (χ3v) is 4.33. The number of carbonyl (C=O) groups excluding carboxylic acids is 1. The zero-order valence-corrected chi connectivity index (χ0v) is 15.4. The number of amides is 1. The molecule has 3 aromatic rings. The number of halogens is 3. The maximum atomic E-state index is 13.0. The van der Waals surface area contributed by atoms with Gasteiger partial charge in [0.1, 0.15) is 0 Å². The molecule has 0 fully saturated rings. The van der Waals surface area contributed by atoms with Crippen LogP contribution in [0.15, 0.2) is 84.9 Å². The standard InChI is InChI=1S/C24H18F3NO/c25-24(26,27)21-16-8-7-10-18(21)15-9-17-28-23(29)22(19-11-3-1-4-12-19)20-13-5-2-6-14-20/h1-8,10-14,16,22H,17H2,(H,28,29). The zero-order chi connectivity index (χ0) is 20.7. The lowest BCUT2D eigenvalue weighted by molar-refractivity contribution is -0.137. The van der Waals surface area contributed by atoms with E-state index in [0.29, 0.717) is 0 Å². The Morgan fingerprint density at radius 2 is 1.34 bits per heavy atom. The number of rotatable bonds is 4. The quantitative estimate of drug-likeness (QED) is 0.621. The van der Waals surface area contributed by atoms with Gasteiger partial charge >= 0.3 is 6.18 Å². The molecule has 0 saturated carbocycles. The molecule has 0 aliphatic carbocycles. The van der Waals surface area contributed by atoms with E-state index in [1.165, 1.54) is 18.2 Å². The van der Waals surface area contributed by atoms with Gasteiger partial charge in [-0.1, -0.05) is 84.6 Å². The fourth-order valence-corrected chi connectivity index (χ4v) is 3.00. The second-order valence-electron chi connectivity index (χ2n) is 6.32. The fourth-order valence-electron chi connectivity index (χ4n) is 3.00. The van der Waals surface area contributed by atoms with Crippen molar-refractivity contribution in [2.75, 3.05) is 6.54 Å². The van der Waals surface area contributed by atoms with Crippen LogP contribution in [0.5, 0.6) is 0 Å². The van der Waals surface area contributed by atoms with Crippen LogP contribution in [0, 0.1) is 11.8 Å². The van der Waals surface area contributed by atoms with Crippen molar-refractivity contribution in [2.45, 2.75) is 12.1 Å². The molecular weight excluding hydrogens is 375 g/mol. The lowest BCUT2D eigenvalue weighted by Gasteiger charge is -2.17. The molecule has 3 aromatic carbocycles. The van der Waals surface area contributed by atoms with Gasteiger partial charge in [0.2, 0.25) is 5.91 Å². The summed E-state index contributed by atoms with van der Waals surface area (Å²) < 4.78 is 39.1. The first kappa shape index (κ1) is 20.2. The van der Waals surface area contributed by atoms with E-state index >= 15 is 0 Å². The Morgan fingerprint density at radius 1 is 0.828 bits per heavy atom. The normalized spacial score (nSPS) is 10.9. The topological polar surface area (TPSA) is 29.1 Å². The SMILES string of the molecule is O=C(NCC#Cc1ccccc1C(F)(F)F)C(c1ccccc1)c1ccccc1. The van der Waals surface area contributed by atoms with Gasteiger partial charge in [0, 0.05) is 5.56 Å². The molecule has 0 aliphatic rings. The highest BCUT2D eigenvalue weighted by Crippen LogP contribution is 2.31. The Morgan fingerprint density at radius 3 is 1.90 bits per heavy atom. The van der Waals surface area contributed by atoms with Crippen molar-refractivity contribution in [1.82, 2.24) is 5.32 Å². The van der Waals surface area contributed by atoms with Crippen LogP contribution in [0.2, 0.25) is 0 Å². The van der Waals surface area contributed by atoms with Gasteiger partial charge in [-0.3, -0.25) is 4.79 Å². The van der Waals surface area contributed by atoms with Crippen molar-refractivity contribution in [3.63, 3.8) is 0 Å². The predicted octanol–water partition coefficient (Wildman–Crippen LogP) is 5.01. The van der Waals surface area contributed by atoms with Gasteiger partial charge in [-0.05, 0) is 23.3 Å². The predicted molar refractivity (Wildman–Crippen MR) is 106 cm³/mol. The highest BCUT2D eigenvalue weighted by atomic mass is 19.4. The maximum absolute atomic E-state index is 13.0. The van der Waals surface area contributed by atoms with Gasteiger partial charge in [-0.2, -0.15) is 13.2 Å². The van der Waals surface area contributed by atoms with Crippen molar-refractivity contribution in [1.29, 1.82) is 0 Å². The molecule has 0 heterocycles. The number of alkyl halides is 3. The molecule has 146 valence electrons. The van der Waals surface area contributed by atoms with E-state index in [2.05, 4.69) is 17.2 Å². The third kappa shape index (κ3) is 5.26. The molecule has 0 unspecified atom stereocenters. The van der Waals surface area contributed by atoms with Crippen LogP contribution in [-0.2, 0) is 11.0 Å². The minimum Gasteiger partial charge on any atom is -0.344 e. The summed E-state index contributed by atoms with van der Waals surface area (Å²) >= 11 is 0. The summed E-state index contributed by atoms with van der Waals surface area (Å²) in [6.07, 6.45) is -4.47. The lowest BCUT2D eigenvalue weighted by Crippen LogP contribution is -2.30. The lowest BCUT2D eigenvalue weighted by atomic mass is 9.90. The van der Waals surface area contributed by atoms with E-state index in [0.717, 1.165) is 17.2 Å². The first-order valence-electron chi connectivity index (χ1n) is 8.99. The van der Waals surface area contributed by atoms with E-state index < -0.39 is 17.7 Å². The van der Waals surface area contributed by atoms with Crippen molar-refractivity contribution in [3.05, 3.63) is 107 Å². The third-order valence-electron chi connectivity index (χ3n) is 4.33. The van der Waals surface area contributed by atoms with Gasteiger partial charge in [0.15, 0.2) is 0 Å². The van der Waals surface area contributed by atoms with Gasteiger partial charge in [0.25, 0.3) is 0 Å². The summed E-state index contributed by atoms with van der Waals surface area (Å²) in [5.41, 5.74) is 0.750. The van der Waals surface area contributed by atoms with Crippen LogP contribution in [0.1, 0.15) is 28.2 Å². The molecule has 0 bridgehead atoms. The average Bonchev–Trinajstić information content (AvgIpc) is 2.73. The second kappa shape index (κ2) is 9.11. The molecule has 0 aromatic heterocycles. The first-order valence-corrected chi connectivity index (χ1v) is 8.99. The van der Waals surface area contributed by atoms with E-state index in [-0.39, 0.29) is 18.0 Å². The van der Waals surface area contributed by atoms with Crippen LogP contribution >= 0.6 is 0 Å². The van der Waals surface area contributed by atoms with Gasteiger partial charge in [-0.25, -0.2) is 0 Å². The minimum absolute atomic E-state index is 0.0544. The Hall–Kier alpha value is -3.52. The van der Waals surface area contributed by atoms with Crippen LogP contribution in [-0.4, -0.2) is 12.5 Å². The number of benzene rings is 3. The van der Waals surface area contributed by atoms with Crippen molar-refractivity contribution >= 4 is 5.91 Å². The molecule has 0 saturated heterocycles. The smallest absolute Gasteiger partial charge is 0.344 e. The summed E-state index contributed by atoms with van der Waals surface area (Å²) in [4.78, 5) is 12.8. The average molecular weight is 393 g/mol. The molecule has 1 amide bonds. The number of carbonyl (C=O) groups is 1. The molecule has 0 spiro atoms. The molecule has 1 N–H and O–H groups in total. The highest BCUT2D eigenvalue weighted by Gasteiger charge is 2.32. The highest BCUT2D eigenvalue weighted by molar-refractivity contribution is 5.87. The molecule has 29 heavy (non-hydrogen) atoms. The molecule has 5 heteroatoms. The Bertz CT molecular complexity index is 979. The van der Waals surface area contributed by atoms with Crippen LogP contribution in [0.3, 0.4) is 0 Å². The maximum Gasteiger partial charge on any atom is 0.417 e. The van der Waals surface area contributed by atoms with E-state index in [4.69, 9.17) is 0 Å². The molecular formula is C24H18F3NO. The van der Waals surface area contributed by atoms with Gasteiger partial charge in [0.05, 0.1) is 18.0 Å².